The molecule has 0 spiro atoms. The lowest BCUT2D eigenvalue weighted by Crippen LogP contribution is -2.29. The molecule has 5 heteroatoms. The fraction of sp³-hybridized carbons (Fsp3) is 0.462. The summed E-state index contributed by atoms with van der Waals surface area (Å²) in [6, 6.07) is 9.33. The highest BCUT2D eigenvalue weighted by Gasteiger charge is 2.35. The van der Waals surface area contributed by atoms with E-state index >= 15 is 0 Å². The molecule has 18 heavy (non-hydrogen) atoms. The van der Waals surface area contributed by atoms with Crippen molar-refractivity contribution in [1.29, 1.82) is 0 Å². The Bertz CT molecular complexity index is 447. The zero-order valence-electron chi connectivity index (χ0n) is 11.3. The van der Waals surface area contributed by atoms with Crippen LogP contribution in [0.25, 0.3) is 0 Å². The first-order valence-corrected chi connectivity index (χ1v) is 8.04. The maximum atomic E-state index is 12.6. The van der Waals surface area contributed by atoms with Crippen molar-refractivity contribution >= 4 is 13.3 Å². The minimum Gasteiger partial charge on any atom is -0.330 e. The Morgan fingerprint density at radius 1 is 1.39 bits per heavy atom. The molecule has 0 bridgehead atoms. The SMILES string of the molecule is CCOP(C)(=O)C(c1ccccc1)N(C)C(C)=O. The minimum atomic E-state index is -2.93. The maximum Gasteiger partial charge on any atom is 0.226 e. The summed E-state index contributed by atoms with van der Waals surface area (Å²) in [5.41, 5.74) is 0.828. The van der Waals surface area contributed by atoms with Crippen LogP contribution >= 0.6 is 7.37 Å². The van der Waals surface area contributed by atoms with E-state index in [1.54, 1.807) is 20.6 Å². The van der Waals surface area contributed by atoms with Gasteiger partial charge in [0.05, 0.1) is 6.61 Å². The molecule has 1 amide bonds. The van der Waals surface area contributed by atoms with Crippen molar-refractivity contribution in [3.05, 3.63) is 35.9 Å². The number of carbonyl (C=O) groups excluding carboxylic acids is 1. The van der Waals surface area contributed by atoms with Crippen LogP contribution in [0.2, 0.25) is 0 Å². The van der Waals surface area contributed by atoms with E-state index in [1.807, 2.05) is 30.3 Å². The first kappa shape index (κ1) is 14.9. The Morgan fingerprint density at radius 2 is 1.94 bits per heavy atom. The number of rotatable bonds is 5. The molecule has 2 unspecified atom stereocenters. The van der Waals surface area contributed by atoms with Crippen molar-refractivity contribution in [3.63, 3.8) is 0 Å². The summed E-state index contributed by atoms with van der Waals surface area (Å²) in [6.07, 6.45) is 0. The fourth-order valence-corrected chi connectivity index (χ4v) is 4.09. The molecule has 0 fully saturated rings. The highest BCUT2D eigenvalue weighted by molar-refractivity contribution is 7.58. The summed E-state index contributed by atoms with van der Waals surface area (Å²) in [6.45, 7) is 5.20. The van der Waals surface area contributed by atoms with E-state index in [9.17, 15) is 9.36 Å². The Balaban J connectivity index is 3.19. The molecule has 0 saturated heterocycles. The van der Waals surface area contributed by atoms with Crippen molar-refractivity contribution in [1.82, 2.24) is 4.90 Å². The topological polar surface area (TPSA) is 46.6 Å². The van der Waals surface area contributed by atoms with Crippen molar-refractivity contribution in [2.24, 2.45) is 0 Å². The second-order valence-corrected chi connectivity index (χ2v) is 6.81. The van der Waals surface area contributed by atoms with Crippen LogP contribution in [-0.4, -0.2) is 31.1 Å². The number of amides is 1. The summed E-state index contributed by atoms with van der Waals surface area (Å²) in [5.74, 6) is -0.665. The van der Waals surface area contributed by atoms with Gasteiger partial charge in [-0.05, 0) is 12.5 Å². The van der Waals surface area contributed by atoms with Crippen LogP contribution in [-0.2, 0) is 13.9 Å². The van der Waals surface area contributed by atoms with E-state index in [1.165, 1.54) is 11.8 Å². The molecule has 0 aliphatic carbocycles. The standard InChI is InChI=1S/C13H20NO3P/c1-5-17-18(4,16)13(14(3)11(2)15)12-9-7-6-8-10-12/h6-10,13H,5H2,1-4H3. The van der Waals surface area contributed by atoms with E-state index in [2.05, 4.69) is 0 Å². The Labute approximate surface area is 108 Å². The number of benzene rings is 1. The lowest BCUT2D eigenvalue weighted by atomic mass is 10.2. The fourth-order valence-electron chi connectivity index (χ4n) is 1.93. The van der Waals surface area contributed by atoms with Crippen molar-refractivity contribution in [3.8, 4) is 0 Å². The lowest BCUT2D eigenvalue weighted by molar-refractivity contribution is -0.128. The molecule has 0 heterocycles. The summed E-state index contributed by atoms with van der Waals surface area (Å²) in [4.78, 5) is 13.0. The monoisotopic (exact) mass is 269 g/mol. The Hall–Kier alpha value is -1.12. The largest absolute Gasteiger partial charge is 0.330 e. The summed E-state index contributed by atoms with van der Waals surface area (Å²) >= 11 is 0. The quantitative estimate of drug-likeness (QED) is 0.772. The van der Waals surface area contributed by atoms with Crippen molar-refractivity contribution in [2.45, 2.75) is 19.6 Å². The van der Waals surface area contributed by atoms with E-state index in [0.717, 1.165) is 5.56 Å². The molecule has 0 N–H and O–H groups in total. The summed E-state index contributed by atoms with van der Waals surface area (Å²) < 4.78 is 18.0. The third-order valence-electron chi connectivity index (χ3n) is 2.79. The van der Waals surface area contributed by atoms with Crippen LogP contribution < -0.4 is 0 Å². The van der Waals surface area contributed by atoms with Crippen LogP contribution in [0, 0.1) is 0 Å². The van der Waals surface area contributed by atoms with Gasteiger partial charge in [-0.15, -0.1) is 0 Å². The molecule has 4 nitrogen and oxygen atoms in total. The molecule has 0 aliphatic rings. The van der Waals surface area contributed by atoms with Crippen LogP contribution in [0.15, 0.2) is 30.3 Å². The van der Waals surface area contributed by atoms with Gasteiger partial charge in [-0.25, -0.2) is 0 Å². The zero-order chi connectivity index (χ0) is 13.8. The second-order valence-electron chi connectivity index (χ2n) is 4.24. The van der Waals surface area contributed by atoms with Gasteiger partial charge in [0.15, 0.2) is 0 Å². The van der Waals surface area contributed by atoms with Gasteiger partial charge in [0.1, 0.15) is 5.78 Å². The van der Waals surface area contributed by atoms with E-state index < -0.39 is 13.2 Å². The molecular formula is C13H20NO3P. The van der Waals surface area contributed by atoms with Gasteiger partial charge in [-0.3, -0.25) is 9.36 Å². The molecule has 0 saturated carbocycles. The molecule has 1 rings (SSSR count). The number of hydrogen-bond acceptors (Lipinski definition) is 3. The van der Waals surface area contributed by atoms with Crippen LogP contribution in [0.1, 0.15) is 25.2 Å². The average molecular weight is 269 g/mol. The van der Waals surface area contributed by atoms with E-state index in [0.29, 0.717) is 6.61 Å². The van der Waals surface area contributed by atoms with Gasteiger partial charge in [0, 0.05) is 20.6 Å². The molecule has 100 valence electrons. The van der Waals surface area contributed by atoms with Crippen LogP contribution in [0.4, 0.5) is 0 Å². The Morgan fingerprint density at radius 3 is 2.39 bits per heavy atom. The first-order chi connectivity index (χ1) is 8.40. The van der Waals surface area contributed by atoms with Gasteiger partial charge < -0.3 is 9.42 Å². The number of hydrogen-bond donors (Lipinski definition) is 0. The predicted molar refractivity (Wildman–Crippen MR) is 72.8 cm³/mol. The molecule has 0 aromatic heterocycles. The van der Waals surface area contributed by atoms with E-state index in [4.69, 9.17) is 4.52 Å². The zero-order valence-corrected chi connectivity index (χ0v) is 12.2. The van der Waals surface area contributed by atoms with Gasteiger partial charge in [0.2, 0.25) is 13.3 Å². The average Bonchev–Trinajstić information content (AvgIpc) is 2.29. The third-order valence-corrected chi connectivity index (χ3v) is 5.09. The molecule has 1 aromatic carbocycles. The highest BCUT2D eigenvalue weighted by atomic mass is 31.2. The maximum absolute atomic E-state index is 12.6. The van der Waals surface area contributed by atoms with Gasteiger partial charge in [-0.1, -0.05) is 30.3 Å². The molecule has 0 radical (unpaired) electrons. The van der Waals surface area contributed by atoms with Crippen LogP contribution in [0.5, 0.6) is 0 Å². The van der Waals surface area contributed by atoms with Crippen molar-refractivity contribution < 1.29 is 13.9 Å². The predicted octanol–water partition coefficient (Wildman–Crippen LogP) is 3.11. The number of nitrogens with zero attached hydrogens (tertiary/aromatic N) is 1. The van der Waals surface area contributed by atoms with Crippen molar-refractivity contribution in [2.75, 3.05) is 20.3 Å². The Kier molecular flexibility index (Phi) is 5.12. The first-order valence-electron chi connectivity index (χ1n) is 5.90. The van der Waals surface area contributed by atoms with Gasteiger partial charge in [-0.2, -0.15) is 0 Å². The minimum absolute atomic E-state index is 0.134. The third kappa shape index (κ3) is 3.44. The molecular weight excluding hydrogens is 249 g/mol. The van der Waals surface area contributed by atoms with Gasteiger partial charge in [0.25, 0.3) is 0 Å². The smallest absolute Gasteiger partial charge is 0.226 e. The summed E-state index contributed by atoms with van der Waals surface area (Å²) in [5, 5.41) is 0. The van der Waals surface area contributed by atoms with Gasteiger partial charge >= 0.3 is 0 Å². The molecule has 0 aliphatic heterocycles. The highest BCUT2D eigenvalue weighted by Crippen LogP contribution is 2.58. The number of carbonyl (C=O) groups is 1. The molecule has 2 atom stereocenters. The second kappa shape index (κ2) is 6.17. The van der Waals surface area contributed by atoms with E-state index in [-0.39, 0.29) is 5.91 Å². The lowest BCUT2D eigenvalue weighted by Gasteiger charge is -2.32. The molecule has 1 aromatic rings. The van der Waals surface area contributed by atoms with Crippen LogP contribution in [0.3, 0.4) is 0 Å². The normalized spacial score (nSPS) is 15.8. The summed E-state index contributed by atoms with van der Waals surface area (Å²) in [7, 11) is -1.28.